The molecule has 23 heavy (non-hydrogen) atoms. The van der Waals surface area contributed by atoms with E-state index in [1.165, 1.54) is 32.1 Å². The first-order chi connectivity index (χ1) is 11.2. The highest BCUT2D eigenvalue weighted by molar-refractivity contribution is 7.89. The van der Waals surface area contributed by atoms with Crippen LogP contribution in [0.2, 0.25) is 0 Å². The van der Waals surface area contributed by atoms with Crippen molar-refractivity contribution in [2.75, 3.05) is 13.1 Å². The van der Waals surface area contributed by atoms with Gasteiger partial charge in [-0.25, -0.2) is 13.1 Å². The second-order valence-corrected chi connectivity index (χ2v) is 7.78. The summed E-state index contributed by atoms with van der Waals surface area (Å²) >= 11 is 0. The lowest BCUT2D eigenvalue weighted by molar-refractivity contribution is 0.375. The zero-order valence-electron chi connectivity index (χ0n) is 13.2. The largest absolute Gasteiger partial charge is 0.313 e. The molecule has 1 saturated carbocycles. The average Bonchev–Trinajstić information content (AvgIpc) is 2.59. The Morgan fingerprint density at radius 2 is 1.91 bits per heavy atom. The predicted octanol–water partition coefficient (Wildman–Crippen LogP) is 2.44. The van der Waals surface area contributed by atoms with Crippen molar-refractivity contribution in [1.82, 2.24) is 15.0 Å². The molecular formula is C17H23N3O2S. The Balaban J connectivity index is 1.62. The molecule has 0 bridgehead atoms. The van der Waals surface area contributed by atoms with Crippen LogP contribution in [-0.2, 0) is 10.0 Å². The van der Waals surface area contributed by atoms with Crippen molar-refractivity contribution in [3.63, 3.8) is 0 Å². The van der Waals surface area contributed by atoms with Crippen LogP contribution in [0.25, 0.3) is 10.8 Å². The van der Waals surface area contributed by atoms with Crippen LogP contribution >= 0.6 is 0 Å². The first-order valence-corrected chi connectivity index (χ1v) is 9.71. The Bertz CT molecular complexity index is 750. The van der Waals surface area contributed by atoms with E-state index < -0.39 is 10.0 Å². The van der Waals surface area contributed by atoms with Crippen LogP contribution in [0.3, 0.4) is 0 Å². The van der Waals surface area contributed by atoms with Crippen molar-refractivity contribution in [2.45, 2.75) is 43.0 Å². The molecule has 0 unspecified atom stereocenters. The molecule has 1 aliphatic rings. The van der Waals surface area contributed by atoms with Gasteiger partial charge >= 0.3 is 0 Å². The lowest BCUT2D eigenvalue weighted by Crippen LogP contribution is -2.38. The number of benzene rings is 1. The topological polar surface area (TPSA) is 71.1 Å². The maximum atomic E-state index is 12.5. The van der Waals surface area contributed by atoms with Gasteiger partial charge in [-0.15, -0.1) is 0 Å². The Hall–Kier alpha value is -1.50. The van der Waals surface area contributed by atoms with Gasteiger partial charge in [0.25, 0.3) is 0 Å². The molecule has 3 rings (SSSR count). The van der Waals surface area contributed by atoms with Crippen LogP contribution in [0.4, 0.5) is 0 Å². The van der Waals surface area contributed by atoms with Gasteiger partial charge in [-0.1, -0.05) is 31.4 Å². The van der Waals surface area contributed by atoms with Crippen LogP contribution < -0.4 is 10.0 Å². The Labute approximate surface area is 137 Å². The van der Waals surface area contributed by atoms with E-state index in [4.69, 9.17) is 0 Å². The molecule has 0 aliphatic heterocycles. The minimum absolute atomic E-state index is 0.315. The highest BCUT2D eigenvalue weighted by Crippen LogP contribution is 2.21. The molecule has 2 aromatic rings. The van der Waals surface area contributed by atoms with E-state index in [2.05, 4.69) is 15.0 Å². The highest BCUT2D eigenvalue weighted by atomic mass is 32.2. The van der Waals surface area contributed by atoms with Crippen molar-refractivity contribution < 1.29 is 8.42 Å². The number of nitrogens with zero attached hydrogens (tertiary/aromatic N) is 1. The maximum Gasteiger partial charge on any atom is 0.241 e. The van der Waals surface area contributed by atoms with Gasteiger partial charge in [0.05, 0.1) is 4.90 Å². The van der Waals surface area contributed by atoms with Crippen molar-refractivity contribution in [3.8, 4) is 0 Å². The van der Waals surface area contributed by atoms with Crippen molar-refractivity contribution in [1.29, 1.82) is 0 Å². The molecule has 1 fully saturated rings. The normalized spacial score (nSPS) is 16.7. The van der Waals surface area contributed by atoms with Crippen LogP contribution in [0.5, 0.6) is 0 Å². The molecule has 1 heterocycles. The fourth-order valence-corrected chi connectivity index (χ4v) is 4.43. The van der Waals surface area contributed by atoms with Crippen molar-refractivity contribution in [2.24, 2.45) is 0 Å². The Morgan fingerprint density at radius 3 is 2.74 bits per heavy atom. The van der Waals surface area contributed by atoms with Gasteiger partial charge in [0.15, 0.2) is 0 Å². The summed E-state index contributed by atoms with van der Waals surface area (Å²) < 4.78 is 27.8. The van der Waals surface area contributed by atoms with E-state index in [0.717, 1.165) is 5.39 Å². The SMILES string of the molecule is O=S(=O)(NCCNC1CCCCC1)c1cccc2cnccc12. The summed E-state index contributed by atoms with van der Waals surface area (Å²) in [4.78, 5) is 4.35. The van der Waals surface area contributed by atoms with Crippen LogP contribution in [0.1, 0.15) is 32.1 Å². The third kappa shape index (κ3) is 4.07. The molecule has 5 nitrogen and oxygen atoms in total. The summed E-state index contributed by atoms with van der Waals surface area (Å²) in [6.07, 6.45) is 9.55. The number of fused-ring (bicyclic) bond motifs is 1. The number of rotatable bonds is 6. The van der Waals surface area contributed by atoms with Gasteiger partial charge in [0.1, 0.15) is 0 Å². The van der Waals surface area contributed by atoms with Gasteiger partial charge in [-0.3, -0.25) is 4.98 Å². The zero-order chi connectivity index (χ0) is 16.1. The molecule has 1 aliphatic carbocycles. The molecule has 1 aromatic carbocycles. The molecule has 1 aromatic heterocycles. The van der Waals surface area contributed by atoms with Gasteiger partial charge < -0.3 is 5.32 Å². The van der Waals surface area contributed by atoms with Crippen LogP contribution in [0, 0.1) is 0 Å². The molecular weight excluding hydrogens is 310 g/mol. The number of hydrogen-bond donors (Lipinski definition) is 2. The molecule has 0 spiro atoms. The molecule has 0 saturated heterocycles. The summed E-state index contributed by atoms with van der Waals surface area (Å²) in [5.74, 6) is 0. The summed E-state index contributed by atoms with van der Waals surface area (Å²) in [5, 5.41) is 4.98. The van der Waals surface area contributed by atoms with E-state index in [9.17, 15) is 8.42 Å². The van der Waals surface area contributed by atoms with Gasteiger partial charge in [-0.05, 0) is 25.0 Å². The lowest BCUT2D eigenvalue weighted by Gasteiger charge is -2.22. The van der Waals surface area contributed by atoms with Gasteiger partial charge in [0, 0.05) is 42.3 Å². The molecule has 2 N–H and O–H groups in total. The monoisotopic (exact) mass is 333 g/mol. The fraction of sp³-hybridized carbons (Fsp3) is 0.471. The number of nitrogens with one attached hydrogen (secondary N) is 2. The third-order valence-electron chi connectivity index (χ3n) is 4.39. The lowest BCUT2D eigenvalue weighted by atomic mass is 9.96. The summed E-state index contributed by atoms with van der Waals surface area (Å²) in [6, 6.07) is 7.53. The minimum atomic E-state index is -3.51. The zero-order valence-corrected chi connectivity index (χ0v) is 14.0. The summed E-state index contributed by atoms with van der Waals surface area (Å²) in [7, 11) is -3.51. The fourth-order valence-electron chi connectivity index (χ4n) is 3.17. The first kappa shape index (κ1) is 16.4. The third-order valence-corrected chi connectivity index (χ3v) is 5.90. The molecule has 124 valence electrons. The Kier molecular flexibility index (Phi) is 5.25. The molecule has 0 radical (unpaired) electrons. The van der Waals surface area contributed by atoms with E-state index in [1.807, 2.05) is 6.07 Å². The first-order valence-electron chi connectivity index (χ1n) is 8.22. The summed E-state index contributed by atoms with van der Waals surface area (Å²) in [5.41, 5.74) is 0. The number of sulfonamides is 1. The predicted molar refractivity (Wildman–Crippen MR) is 91.8 cm³/mol. The smallest absolute Gasteiger partial charge is 0.241 e. The van der Waals surface area contributed by atoms with Gasteiger partial charge in [-0.2, -0.15) is 0 Å². The van der Waals surface area contributed by atoms with Crippen molar-refractivity contribution >= 4 is 20.8 Å². The van der Waals surface area contributed by atoms with Gasteiger partial charge in [0.2, 0.25) is 10.0 Å². The second kappa shape index (κ2) is 7.38. The molecule has 0 atom stereocenters. The van der Waals surface area contributed by atoms with E-state index in [-0.39, 0.29) is 0 Å². The minimum Gasteiger partial charge on any atom is -0.313 e. The van der Waals surface area contributed by atoms with Crippen LogP contribution in [0.15, 0.2) is 41.6 Å². The quantitative estimate of drug-likeness (QED) is 0.797. The molecule has 6 heteroatoms. The number of hydrogen-bond acceptors (Lipinski definition) is 4. The standard InChI is InChI=1S/C17H23N3O2S/c21-23(22,20-12-11-19-15-6-2-1-3-7-15)17-8-4-5-14-13-18-10-9-16(14)17/h4-5,8-10,13,15,19-20H,1-3,6-7,11-12H2. The maximum absolute atomic E-state index is 12.5. The van der Waals surface area contributed by atoms with Crippen LogP contribution in [-0.4, -0.2) is 32.5 Å². The second-order valence-electron chi connectivity index (χ2n) is 6.04. The molecule has 0 amide bonds. The summed E-state index contributed by atoms with van der Waals surface area (Å²) in [6.45, 7) is 1.07. The van der Waals surface area contributed by atoms with E-state index >= 15 is 0 Å². The van der Waals surface area contributed by atoms with E-state index in [0.29, 0.717) is 29.4 Å². The van der Waals surface area contributed by atoms with Crippen molar-refractivity contribution in [3.05, 3.63) is 36.7 Å². The highest BCUT2D eigenvalue weighted by Gasteiger charge is 2.17. The Morgan fingerprint density at radius 1 is 1.09 bits per heavy atom. The number of aromatic nitrogens is 1. The number of pyridine rings is 1. The van der Waals surface area contributed by atoms with E-state index in [1.54, 1.807) is 30.6 Å². The average molecular weight is 333 g/mol.